The van der Waals surface area contributed by atoms with Gasteiger partial charge in [0.1, 0.15) is 0 Å². The largest absolute Gasteiger partial charge is 0.394 e. The summed E-state index contributed by atoms with van der Waals surface area (Å²) in [5.74, 6) is 0. The summed E-state index contributed by atoms with van der Waals surface area (Å²) < 4.78 is 0. The zero-order valence-electron chi connectivity index (χ0n) is 14.9. The SMILES string of the molecule is CN/C=C\C=C/C/C=N/N(C)c1ccc(NCc2ccccc2)cc1. The molecular weight excluding hydrogens is 308 g/mol. The van der Waals surface area contributed by atoms with E-state index >= 15 is 0 Å². The van der Waals surface area contributed by atoms with Gasteiger partial charge in [0.25, 0.3) is 0 Å². The average molecular weight is 334 g/mol. The Bertz CT molecular complexity index is 688. The van der Waals surface area contributed by atoms with E-state index in [2.05, 4.69) is 70.3 Å². The molecule has 0 saturated heterocycles. The molecule has 0 saturated carbocycles. The molecule has 0 fully saturated rings. The molecule has 2 aromatic carbocycles. The number of anilines is 2. The Morgan fingerprint density at radius 3 is 2.48 bits per heavy atom. The highest BCUT2D eigenvalue weighted by Crippen LogP contribution is 2.17. The maximum Gasteiger partial charge on any atom is 0.0591 e. The molecule has 2 N–H and O–H groups in total. The van der Waals surface area contributed by atoms with Crippen molar-refractivity contribution in [2.75, 3.05) is 24.4 Å². The molecule has 4 heteroatoms. The van der Waals surface area contributed by atoms with Crippen LogP contribution in [0.25, 0.3) is 0 Å². The van der Waals surface area contributed by atoms with E-state index in [9.17, 15) is 0 Å². The third kappa shape index (κ3) is 6.96. The molecule has 0 radical (unpaired) electrons. The van der Waals surface area contributed by atoms with Gasteiger partial charge < -0.3 is 10.6 Å². The molecule has 0 aliphatic carbocycles. The highest BCUT2D eigenvalue weighted by molar-refractivity contribution is 5.63. The van der Waals surface area contributed by atoms with Gasteiger partial charge in [-0.25, -0.2) is 0 Å². The van der Waals surface area contributed by atoms with Crippen molar-refractivity contribution in [3.8, 4) is 0 Å². The van der Waals surface area contributed by atoms with Crippen molar-refractivity contribution >= 4 is 17.6 Å². The number of hydrazone groups is 1. The van der Waals surface area contributed by atoms with Crippen molar-refractivity contribution in [3.63, 3.8) is 0 Å². The molecule has 0 aliphatic rings. The summed E-state index contributed by atoms with van der Waals surface area (Å²) in [4.78, 5) is 0. The van der Waals surface area contributed by atoms with Crippen LogP contribution in [0.4, 0.5) is 11.4 Å². The van der Waals surface area contributed by atoms with E-state index in [4.69, 9.17) is 0 Å². The minimum Gasteiger partial charge on any atom is -0.394 e. The van der Waals surface area contributed by atoms with Crippen molar-refractivity contribution < 1.29 is 0 Å². The molecule has 2 aromatic rings. The number of rotatable bonds is 9. The number of nitrogens with zero attached hydrogens (tertiary/aromatic N) is 2. The predicted molar refractivity (Wildman–Crippen MR) is 109 cm³/mol. The van der Waals surface area contributed by atoms with Gasteiger partial charge >= 0.3 is 0 Å². The summed E-state index contributed by atoms with van der Waals surface area (Å²) in [5.41, 5.74) is 3.43. The lowest BCUT2D eigenvalue weighted by molar-refractivity contribution is 1.02. The summed E-state index contributed by atoms with van der Waals surface area (Å²) in [7, 11) is 3.83. The molecule has 2 rings (SSSR count). The topological polar surface area (TPSA) is 39.7 Å². The Kier molecular flexibility index (Phi) is 7.85. The normalized spacial score (nSPS) is 11.4. The number of allylic oxidation sites excluding steroid dienone is 3. The highest BCUT2D eigenvalue weighted by Gasteiger charge is 1.98. The molecular formula is C21H26N4. The van der Waals surface area contributed by atoms with Crippen LogP contribution >= 0.6 is 0 Å². The fourth-order valence-electron chi connectivity index (χ4n) is 2.20. The van der Waals surface area contributed by atoms with Crippen LogP contribution in [0.15, 0.2) is 84.1 Å². The van der Waals surface area contributed by atoms with Crippen molar-refractivity contribution in [3.05, 3.63) is 84.6 Å². The molecule has 0 heterocycles. The van der Waals surface area contributed by atoms with Gasteiger partial charge in [0.05, 0.1) is 5.69 Å². The van der Waals surface area contributed by atoms with E-state index in [0.717, 1.165) is 24.3 Å². The van der Waals surface area contributed by atoms with Crippen LogP contribution in [0.5, 0.6) is 0 Å². The summed E-state index contributed by atoms with van der Waals surface area (Å²) in [6, 6.07) is 18.7. The van der Waals surface area contributed by atoms with E-state index in [1.165, 1.54) is 5.56 Å². The molecule has 0 atom stereocenters. The lowest BCUT2D eigenvalue weighted by atomic mass is 10.2. The first-order valence-corrected chi connectivity index (χ1v) is 8.42. The number of hydrogen-bond acceptors (Lipinski definition) is 4. The van der Waals surface area contributed by atoms with E-state index in [1.807, 2.05) is 49.7 Å². The Morgan fingerprint density at radius 1 is 1.00 bits per heavy atom. The Labute approximate surface area is 150 Å². The fourth-order valence-corrected chi connectivity index (χ4v) is 2.20. The third-order valence-electron chi connectivity index (χ3n) is 3.59. The molecule has 0 spiro atoms. The monoisotopic (exact) mass is 334 g/mol. The zero-order valence-corrected chi connectivity index (χ0v) is 14.9. The van der Waals surface area contributed by atoms with Crippen LogP contribution in [-0.4, -0.2) is 20.3 Å². The first kappa shape index (κ1) is 18.3. The van der Waals surface area contributed by atoms with Crippen LogP contribution in [0.2, 0.25) is 0 Å². The highest BCUT2D eigenvalue weighted by atomic mass is 15.4. The van der Waals surface area contributed by atoms with E-state index in [0.29, 0.717) is 0 Å². The number of nitrogens with one attached hydrogen (secondary N) is 2. The van der Waals surface area contributed by atoms with Gasteiger partial charge in [0.15, 0.2) is 0 Å². The summed E-state index contributed by atoms with van der Waals surface area (Å²) >= 11 is 0. The third-order valence-corrected chi connectivity index (χ3v) is 3.59. The molecule has 0 unspecified atom stereocenters. The lowest BCUT2D eigenvalue weighted by Crippen LogP contribution is -2.08. The maximum absolute atomic E-state index is 4.43. The first-order valence-electron chi connectivity index (χ1n) is 8.42. The minimum absolute atomic E-state index is 0.801. The Hall–Kier alpha value is -3.01. The summed E-state index contributed by atoms with van der Waals surface area (Å²) in [5, 5.41) is 12.7. The molecule has 0 amide bonds. The molecule has 4 nitrogen and oxygen atoms in total. The van der Waals surface area contributed by atoms with Gasteiger partial charge in [0, 0.05) is 39.0 Å². The van der Waals surface area contributed by atoms with Crippen molar-refractivity contribution in [2.45, 2.75) is 13.0 Å². The average Bonchev–Trinajstić information content (AvgIpc) is 2.67. The van der Waals surface area contributed by atoms with Gasteiger partial charge in [-0.05, 0) is 42.1 Å². The van der Waals surface area contributed by atoms with Crippen LogP contribution in [-0.2, 0) is 6.54 Å². The smallest absolute Gasteiger partial charge is 0.0591 e. The van der Waals surface area contributed by atoms with Crippen molar-refractivity contribution in [2.24, 2.45) is 5.10 Å². The second kappa shape index (κ2) is 10.7. The lowest BCUT2D eigenvalue weighted by Gasteiger charge is -2.14. The number of benzene rings is 2. The molecule has 25 heavy (non-hydrogen) atoms. The predicted octanol–water partition coefficient (Wildman–Crippen LogP) is 4.40. The van der Waals surface area contributed by atoms with Gasteiger partial charge in [0.2, 0.25) is 0 Å². The van der Waals surface area contributed by atoms with Gasteiger partial charge in [-0.2, -0.15) is 5.10 Å². The maximum atomic E-state index is 4.43. The van der Waals surface area contributed by atoms with Gasteiger partial charge in [-0.15, -0.1) is 0 Å². The zero-order chi connectivity index (χ0) is 17.7. The first-order chi connectivity index (χ1) is 12.3. The van der Waals surface area contributed by atoms with Crippen molar-refractivity contribution in [1.82, 2.24) is 5.32 Å². The quantitative estimate of drug-likeness (QED) is 0.406. The van der Waals surface area contributed by atoms with E-state index in [-0.39, 0.29) is 0 Å². The second-order valence-corrected chi connectivity index (χ2v) is 5.52. The molecule has 0 aromatic heterocycles. The second-order valence-electron chi connectivity index (χ2n) is 5.52. The molecule has 0 bridgehead atoms. The van der Waals surface area contributed by atoms with Crippen LogP contribution in [0.1, 0.15) is 12.0 Å². The van der Waals surface area contributed by atoms with Crippen molar-refractivity contribution in [1.29, 1.82) is 0 Å². The minimum atomic E-state index is 0.801. The van der Waals surface area contributed by atoms with Crippen LogP contribution in [0, 0.1) is 0 Å². The fraction of sp³-hybridized carbons (Fsp3) is 0.190. The standard InChI is InChI=1S/C21H26N4/c1-22-16-8-3-4-9-17-24-25(2)21-14-12-20(13-15-21)23-18-19-10-6-5-7-11-19/h3-8,10-17,22-23H,9,18H2,1-2H3/b4-3-,16-8-,24-17+. The summed E-state index contributed by atoms with van der Waals surface area (Å²) in [6.07, 6.45) is 10.6. The molecule has 0 aliphatic heterocycles. The summed E-state index contributed by atoms with van der Waals surface area (Å²) in [6.45, 7) is 0.822. The Morgan fingerprint density at radius 2 is 1.76 bits per heavy atom. The Balaban J connectivity index is 1.80. The van der Waals surface area contributed by atoms with Crippen LogP contribution in [0.3, 0.4) is 0 Å². The molecule has 130 valence electrons. The van der Waals surface area contributed by atoms with Crippen LogP contribution < -0.4 is 15.6 Å². The number of hydrogen-bond donors (Lipinski definition) is 2. The van der Waals surface area contributed by atoms with Gasteiger partial charge in [-0.1, -0.05) is 42.5 Å². The van der Waals surface area contributed by atoms with E-state index in [1.54, 1.807) is 0 Å². The van der Waals surface area contributed by atoms with E-state index < -0.39 is 0 Å². The van der Waals surface area contributed by atoms with Gasteiger partial charge in [-0.3, -0.25) is 5.01 Å².